The van der Waals surface area contributed by atoms with Crippen LogP contribution in [0.2, 0.25) is 0 Å². The van der Waals surface area contributed by atoms with Gasteiger partial charge in [-0.25, -0.2) is 4.98 Å². The van der Waals surface area contributed by atoms with Crippen molar-refractivity contribution < 1.29 is 21.6 Å². The van der Waals surface area contributed by atoms with Crippen molar-refractivity contribution in [2.45, 2.75) is 13.0 Å². The van der Waals surface area contributed by atoms with Crippen LogP contribution in [-0.2, 0) is 16.8 Å². The number of fused-ring (bicyclic) bond motifs is 1. The number of nitrogens with zero attached hydrogens (tertiary/aromatic N) is 7. The van der Waals surface area contributed by atoms with Crippen LogP contribution in [0.15, 0.2) is 59.3 Å². The van der Waals surface area contributed by atoms with Crippen molar-refractivity contribution >= 4 is 21.5 Å². The van der Waals surface area contributed by atoms with Gasteiger partial charge in [0, 0.05) is 49.6 Å². The van der Waals surface area contributed by atoms with E-state index in [1.54, 1.807) is 53.2 Å². The number of anilines is 1. The third-order valence-corrected chi connectivity index (χ3v) is 8.38. The SMILES string of the molecule is CN1CC2(C1)CN(S(=O)(=O)N(Cc1cn3ccc(-c4nnc(C(F)F)o4)cc3n1)c1ccccc1)C2. The highest BCUT2D eigenvalue weighted by atomic mass is 32.2. The van der Waals surface area contributed by atoms with E-state index in [4.69, 9.17) is 4.42 Å². The van der Waals surface area contributed by atoms with Gasteiger partial charge in [-0.3, -0.25) is 4.31 Å². The number of likely N-dealkylation sites (tertiary alicyclic amines) is 1. The molecule has 0 N–H and O–H groups in total. The molecule has 0 atom stereocenters. The largest absolute Gasteiger partial charge is 0.415 e. The fourth-order valence-electron chi connectivity index (χ4n) is 5.03. The first kappa shape index (κ1) is 23.0. The van der Waals surface area contributed by atoms with Crippen molar-refractivity contribution in [2.75, 3.05) is 37.5 Å². The molecule has 0 saturated carbocycles. The summed E-state index contributed by atoms with van der Waals surface area (Å²) in [5.74, 6) is -0.793. The third kappa shape index (κ3) is 3.92. The fraction of sp³-hybridized carbons (Fsp3) is 0.348. The second-order valence-corrected chi connectivity index (χ2v) is 11.3. The maximum absolute atomic E-state index is 13.7. The van der Waals surface area contributed by atoms with Crippen molar-refractivity contribution in [3.05, 3.63) is 66.4 Å². The predicted molar refractivity (Wildman–Crippen MR) is 126 cm³/mol. The van der Waals surface area contributed by atoms with E-state index in [2.05, 4.69) is 20.1 Å². The summed E-state index contributed by atoms with van der Waals surface area (Å²) in [6, 6.07) is 12.2. The minimum atomic E-state index is -3.78. The van der Waals surface area contributed by atoms with E-state index in [1.165, 1.54) is 8.61 Å². The molecule has 1 spiro atoms. The normalized spacial score (nSPS) is 18.0. The Balaban J connectivity index is 1.28. The number of pyridine rings is 1. The summed E-state index contributed by atoms with van der Waals surface area (Å²) in [6.45, 7) is 2.84. The minimum Gasteiger partial charge on any atom is -0.415 e. The summed E-state index contributed by atoms with van der Waals surface area (Å²) < 4.78 is 62.6. The zero-order valence-electron chi connectivity index (χ0n) is 19.3. The monoisotopic (exact) mass is 515 g/mol. The number of hydrogen-bond donors (Lipinski definition) is 0. The van der Waals surface area contributed by atoms with Crippen LogP contribution >= 0.6 is 0 Å². The predicted octanol–water partition coefficient (Wildman–Crippen LogP) is 2.82. The lowest BCUT2D eigenvalue weighted by atomic mass is 9.75. The molecular weight excluding hydrogens is 492 g/mol. The van der Waals surface area contributed by atoms with Gasteiger partial charge in [0.15, 0.2) is 0 Å². The molecule has 188 valence electrons. The molecule has 0 bridgehead atoms. The smallest absolute Gasteiger partial charge is 0.314 e. The van der Waals surface area contributed by atoms with Crippen molar-refractivity contribution in [1.82, 2.24) is 28.8 Å². The number of hydrogen-bond acceptors (Lipinski definition) is 7. The van der Waals surface area contributed by atoms with Gasteiger partial charge < -0.3 is 13.7 Å². The highest BCUT2D eigenvalue weighted by Crippen LogP contribution is 2.41. The summed E-state index contributed by atoms with van der Waals surface area (Å²) in [5.41, 5.74) is 2.06. The molecule has 2 aliphatic heterocycles. The molecule has 13 heteroatoms. The Morgan fingerprint density at radius 3 is 2.53 bits per heavy atom. The van der Waals surface area contributed by atoms with Crippen LogP contribution in [0, 0.1) is 5.41 Å². The summed E-state index contributed by atoms with van der Waals surface area (Å²) in [4.78, 5) is 6.77. The Bertz CT molecular complexity index is 1510. The molecule has 2 aliphatic rings. The first-order valence-corrected chi connectivity index (χ1v) is 12.7. The topological polar surface area (TPSA) is 100 Å². The van der Waals surface area contributed by atoms with Crippen LogP contribution in [0.4, 0.5) is 14.5 Å². The van der Waals surface area contributed by atoms with E-state index >= 15 is 0 Å². The summed E-state index contributed by atoms with van der Waals surface area (Å²) in [5, 5.41) is 7.03. The Hall–Kier alpha value is -3.42. The fourth-order valence-corrected chi connectivity index (χ4v) is 6.87. The Kier molecular flexibility index (Phi) is 5.32. The van der Waals surface area contributed by atoms with E-state index in [0.717, 1.165) is 13.1 Å². The molecule has 3 aromatic heterocycles. The average Bonchev–Trinajstić information content (AvgIpc) is 3.46. The van der Waals surface area contributed by atoms with Crippen molar-refractivity contribution in [1.29, 1.82) is 0 Å². The number of para-hydroxylation sites is 1. The summed E-state index contributed by atoms with van der Waals surface area (Å²) >= 11 is 0. The zero-order valence-corrected chi connectivity index (χ0v) is 20.1. The Morgan fingerprint density at radius 2 is 1.86 bits per heavy atom. The van der Waals surface area contributed by atoms with Gasteiger partial charge in [-0.1, -0.05) is 18.2 Å². The number of imidazole rings is 1. The van der Waals surface area contributed by atoms with E-state index < -0.39 is 22.5 Å². The highest BCUT2D eigenvalue weighted by Gasteiger charge is 2.55. The summed E-state index contributed by atoms with van der Waals surface area (Å²) in [7, 11) is -1.75. The molecule has 36 heavy (non-hydrogen) atoms. The maximum atomic E-state index is 13.7. The molecule has 0 radical (unpaired) electrons. The van der Waals surface area contributed by atoms with Crippen molar-refractivity contribution in [3.63, 3.8) is 0 Å². The lowest BCUT2D eigenvalue weighted by Crippen LogP contribution is -2.73. The minimum absolute atomic E-state index is 0.0306. The van der Waals surface area contributed by atoms with Gasteiger partial charge in [0.1, 0.15) is 5.65 Å². The third-order valence-electron chi connectivity index (χ3n) is 6.57. The van der Waals surface area contributed by atoms with Crippen LogP contribution in [-0.4, -0.2) is 70.4 Å². The molecule has 1 aromatic carbocycles. The van der Waals surface area contributed by atoms with Crippen LogP contribution in [0.5, 0.6) is 0 Å². The second-order valence-electron chi connectivity index (χ2n) is 9.45. The molecule has 6 rings (SSSR count). The number of alkyl halides is 2. The van der Waals surface area contributed by atoms with E-state index in [9.17, 15) is 17.2 Å². The first-order valence-electron chi connectivity index (χ1n) is 11.3. The lowest BCUT2D eigenvalue weighted by Gasteiger charge is -2.59. The van der Waals surface area contributed by atoms with Crippen molar-refractivity contribution in [2.24, 2.45) is 5.41 Å². The molecule has 5 heterocycles. The van der Waals surface area contributed by atoms with Gasteiger partial charge in [0.05, 0.1) is 17.9 Å². The van der Waals surface area contributed by atoms with Gasteiger partial charge in [0.25, 0.3) is 5.89 Å². The van der Waals surface area contributed by atoms with E-state index in [0.29, 0.717) is 35.7 Å². The summed E-state index contributed by atoms with van der Waals surface area (Å²) in [6.07, 6.45) is 0.563. The van der Waals surface area contributed by atoms with Crippen LogP contribution in [0.3, 0.4) is 0 Å². The average molecular weight is 516 g/mol. The molecule has 0 aliphatic carbocycles. The number of halogens is 2. The zero-order chi connectivity index (χ0) is 25.1. The molecule has 10 nitrogen and oxygen atoms in total. The molecule has 0 amide bonds. The quantitative estimate of drug-likeness (QED) is 0.373. The van der Waals surface area contributed by atoms with Crippen LogP contribution in [0.25, 0.3) is 17.1 Å². The highest BCUT2D eigenvalue weighted by molar-refractivity contribution is 7.90. The molecule has 2 saturated heterocycles. The second kappa shape index (κ2) is 8.32. The van der Waals surface area contributed by atoms with Gasteiger partial charge in [-0.15, -0.1) is 10.2 Å². The maximum Gasteiger partial charge on any atom is 0.314 e. The van der Waals surface area contributed by atoms with Crippen molar-refractivity contribution in [3.8, 4) is 11.5 Å². The van der Waals surface area contributed by atoms with E-state index in [-0.39, 0.29) is 17.9 Å². The van der Waals surface area contributed by atoms with Gasteiger partial charge >= 0.3 is 16.6 Å². The molecule has 2 fully saturated rings. The number of benzene rings is 1. The first-order chi connectivity index (χ1) is 17.2. The van der Waals surface area contributed by atoms with Crippen LogP contribution in [0.1, 0.15) is 18.0 Å². The van der Waals surface area contributed by atoms with Gasteiger partial charge in [-0.05, 0) is 31.3 Å². The van der Waals surface area contributed by atoms with Crippen LogP contribution < -0.4 is 4.31 Å². The molecule has 0 unspecified atom stereocenters. The van der Waals surface area contributed by atoms with Gasteiger partial charge in [-0.2, -0.15) is 21.5 Å². The standard InChI is InChI=1S/C23H23F2N7O3S/c1-29-12-23(13-29)14-31(15-23)36(33,34)32(18-5-3-2-4-6-18)11-17-10-30-8-7-16(9-19(30)26-17)21-27-28-22(35-21)20(24)25/h2-10,20H,11-15H2,1H3. The Labute approximate surface area is 206 Å². The molecule has 4 aromatic rings. The molecular formula is C23H23F2N7O3S. The number of rotatable bonds is 7. The van der Waals surface area contributed by atoms with Gasteiger partial charge in [0.2, 0.25) is 5.89 Å². The van der Waals surface area contributed by atoms with E-state index in [1.807, 2.05) is 13.1 Å². The number of aromatic nitrogens is 4. The Morgan fingerprint density at radius 1 is 1.11 bits per heavy atom. The lowest BCUT2D eigenvalue weighted by molar-refractivity contribution is -0.0673.